The molecular weight excluding hydrogens is 394 g/mol. The fourth-order valence-corrected chi connectivity index (χ4v) is 2.65. The molecule has 1 aromatic heterocycles. The quantitative estimate of drug-likeness (QED) is 0.292. The highest BCUT2D eigenvalue weighted by atomic mass is 19.3. The first-order chi connectivity index (χ1) is 14.6. The van der Waals surface area contributed by atoms with E-state index in [4.69, 9.17) is 4.74 Å². The second kappa shape index (κ2) is 13.3. The van der Waals surface area contributed by atoms with Gasteiger partial charge < -0.3 is 24.7 Å². The van der Waals surface area contributed by atoms with Gasteiger partial charge >= 0.3 is 6.61 Å². The van der Waals surface area contributed by atoms with Crippen molar-refractivity contribution in [3.05, 3.63) is 36.4 Å². The molecule has 8 nitrogen and oxygen atoms in total. The number of ether oxygens (including phenoxy) is 2. The Hall–Kier alpha value is -2.91. The third kappa shape index (κ3) is 8.62. The number of hydrogen-bond acceptors (Lipinski definition) is 5. The summed E-state index contributed by atoms with van der Waals surface area (Å²) in [7, 11) is 0. The molecule has 1 heterocycles. The number of aliphatic imine (C=N–C) groups is 1. The summed E-state index contributed by atoms with van der Waals surface area (Å²) in [6.07, 6.45) is 6.11. The minimum Gasteiger partial charge on any atom is -0.493 e. The molecule has 2 N–H and O–H groups in total. The molecule has 2 aromatic rings. The summed E-state index contributed by atoms with van der Waals surface area (Å²) in [4.78, 5) is 4.49. The number of nitrogens with one attached hydrogen (secondary N) is 2. The van der Waals surface area contributed by atoms with Crippen LogP contribution in [0.4, 0.5) is 8.78 Å². The Morgan fingerprint density at radius 1 is 1.17 bits per heavy atom. The zero-order chi connectivity index (χ0) is 21.6. The molecule has 0 bridgehead atoms. The highest BCUT2D eigenvalue weighted by molar-refractivity contribution is 5.79. The summed E-state index contributed by atoms with van der Waals surface area (Å²) in [6.45, 7) is 4.02. The van der Waals surface area contributed by atoms with E-state index >= 15 is 0 Å². The predicted octanol–water partition coefficient (Wildman–Crippen LogP) is 3.20. The molecule has 10 heteroatoms. The highest BCUT2D eigenvalue weighted by Gasteiger charge is 2.12. The van der Waals surface area contributed by atoms with Crippen LogP contribution in [0.5, 0.6) is 11.5 Å². The van der Waals surface area contributed by atoms with Gasteiger partial charge in [-0.25, -0.2) is 4.99 Å². The van der Waals surface area contributed by atoms with E-state index in [1.807, 2.05) is 18.4 Å². The Morgan fingerprint density at radius 3 is 2.67 bits per heavy atom. The van der Waals surface area contributed by atoms with Crippen LogP contribution in [-0.2, 0) is 13.1 Å². The molecule has 0 saturated carbocycles. The van der Waals surface area contributed by atoms with Gasteiger partial charge in [0.1, 0.15) is 24.2 Å². The molecule has 0 unspecified atom stereocenters. The van der Waals surface area contributed by atoms with Gasteiger partial charge in [-0.2, -0.15) is 8.78 Å². The minimum absolute atomic E-state index is 0.0761. The second-order valence-electron chi connectivity index (χ2n) is 6.53. The van der Waals surface area contributed by atoms with E-state index in [1.165, 1.54) is 6.07 Å². The van der Waals surface area contributed by atoms with Crippen molar-refractivity contribution < 1.29 is 18.3 Å². The van der Waals surface area contributed by atoms with E-state index in [2.05, 4.69) is 30.6 Å². The number of nitrogens with zero attached hydrogens (tertiary/aromatic N) is 4. The maximum atomic E-state index is 12.8. The molecule has 30 heavy (non-hydrogen) atoms. The number of hydrogen-bond donors (Lipinski definition) is 2. The standard InChI is InChI=1S/C20H30F2N6O2/c1-3-11-29-17-8-7-16(18(12-17)30-19(21)22)13-25-20(23-4-2)24-9-5-6-10-28-14-26-27-15-28/h7-8,12,14-15,19H,3-6,9-11,13H2,1-2H3,(H2,23,24,25). The summed E-state index contributed by atoms with van der Waals surface area (Å²) in [6, 6.07) is 4.93. The number of aryl methyl sites for hydroxylation is 1. The summed E-state index contributed by atoms with van der Waals surface area (Å²) in [5.74, 6) is 1.20. The van der Waals surface area contributed by atoms with Gasteiger partial charge in [-0.3, -0.25) is 0 Å². The molecule has 2 rings (SSSR count). The second-order valence-corrected chi connectivity index (χ2v) is 6.53. The average molecular weight is 424 g/mol. The number of aromatic nitrogens is 3. The lowest BCUT2D eigenvalue weighted by molar-refractivity contribution is -0.0505. The van der Waals surface area contributed by atoms with Crippen LogP contribution in [-0.4, -0.2) is 47.0 Å². The van der Waals surface area contributed by atoms with Crippen LogP contribution in [0.25, 0.3) is 0 Å². The number of benzene rings is 1. The van der Waals surface area contributed by atoms with E-state index < -0.39 is 6.61 Å². The van der Waals surface area contributed by atoms with Crippen molar-refractivity contribution in [1.29, 1.82) is 0 Å². The van der Waals surface area contributed by atoms with Crippen LogP contribution >= 0.6 is 0 Å². The zero-order valence-corrected chi connectivity index (χ0v) is 17.5. The number of rotatable bonds is 13. The molecule has 0 saturated heterocycles. The molecule has 0 atom stereocenters. The number of halogens is 2. The van der Waals surface area contributed by atoms with Gasteiger partial charge in [-0.15, -0.1) is 10.2 Å². The van der Waals surface area contributed by atoms with Crippen molar-refractivity contribution in [3.63, 3.8) is 0 Å². The van der Waals surface area contributed by atoms with Crippen LogP contribution in [0, 0.1) is 0 Å². The van der Waals surface area contributed by atoms with Crippen molar-refractivity contribution in [3.8, 4) is 11.5 Å². The fraction of sp³-hybridized carbons (Fsp3) is 0.550. The summed E-state index contributed by atoms with van der Waals surface area (Å²) < 4.78 is 37.7. The maximum absolute atomic E-state index is 12.8. The molecule has 0 aliphatic heterocycles. The van der Waals surface area contributed by atoms with Crippen LogP contribution in [0.15, 0.2) is 35.8 Å². The largest absolute Gasteiger partial charge is 0.493 e. The highest BCUT2D eigenvalue weighted by Crippen LogP contribution is 2.27. The van der Waals surface area contributed by atoms with Crippen molar-refractivity contribution in [1.82, 2.24) is 25.4 Å². The molecule has 0 aliphatic carbocycles. The maximum Gasteiger partial charge on any atom is 0.387 e. The first kappa shape index (κ1) is 23.4. The van der Waals surface area contributed by atoms with Crippen molar-refractivity contribution >= 4 is 5.96 Å². The SMILES string of the molecule is CCCOc1ccc(CN=C(NCC)NCCCCn2cnnc2)c(OC(F)F)c1. The van der Waals surface area contributed by atoms with E-state index in [0.717, 1.165) is 32.4 Å². The normalized spacial score (nSPS) is 11.6. The summed E-state index contributed by atoms with van der Waals surface area (Å²) in [5, 5.41) is 14.0. The van der Waals surface area contributed by atoms with Gasteiger partial charge in [0.2, 0.25) is 0 Å². The molecule has 166 valence electrons. The first-order valence-corrected chi connectivity index (χ1v) is 10.2. The monoisotopic (exact) mass is 424 g/mol. The van der Waals surface area contributed by atoms with Crippen LogP contribution in [0.2, 0.25) is 0 Å². The Balaban J connectivity index is 1.92. The zero-order valence-electron chi connectivity index (χ0n) is 17.5. The summed E-state index contributed by atoms with van der Waals surface area (Å²) in [5.41, 5.74) is 0.559. The molecular formula is C20H30F2N6O2. The number of alkyl halides is 2. The third-order valence-corrected chi connectivity index (χ3v) is 4.08. The summed E-state index contributed by atoms with van der Waals surface area (Å²) >= 11 is 0. The van der Waals surface area contributed by atoms with Gasteiger partial charge in [0, 0.05) is 31.3 Å². The van der Waals surface area contributed by atoms with Gasteiger partial charge in [-0.1, -0.05) is 6.92 Å². The van der Waals surface area contributed by atoms with Gasteiger partial charge in [0.25, 0.3) is 0 Å². The molecule has 1 aromatic carbocycles. The Bertz CT molecular complexity index is 756. The van der Waals surface area contributed by atoms with E-state index in [1.54, 1.807) is 24.8 Å². The number of guanidine groups is 1. The minimum atomic E-state index is -2.91. The smallest absolute Gasteiger partial charge is 0.387 e. The molecule has 0 aliphatic rings. The van der Waals surface area contributed by atoms with Gasteiger partial charge in [-0.05, 0) is 38.3 Å². The van der Waals surface area contributed by atoms with E-state index in [-0.39, 0.29) is 12.3 Å². The molecule has 0 fully saturated rings. The fourth-order valence-electron chi connectivity index (χ4n) is 2.65. The lowest BCUT2D eigenvalue weighted by Gasteiger charge is -2.14. The topological polar surface area (TPSA) is 85.6 Å². The Kier molecular flexibility index (Phi) is 10.4. The van der Waals surface area contributed by atoms with Crippen molar-refractivity contribution in [2.24, 2.45) is 4.99 Å². The van der Waals surface area contributed by atoms with E-state index in [9.17, 15) is 8.78 Å². The van der Waals surface area contributed by atoms with Gasteiger partial charge in [0.15, 0.2) is 5.96 Å². The third-order valence-electron chi connectivity index (χ3n) is 4.08. The van der Waals surface area contributed by atoms with Crippen LogP contribution in [0.3, 0.4) is 0 Å². The van der Waals surface area contributed by atoms with Crippen molar-refractivity contribution in [2.45, 2.75) is 52.8 Å². The Morgan fingerprint density at radius 2 is 1.97 bits per heavy atom. The number of unbranched alkanes of at least 4 members (excludes halogenated alkanes) is 1. The van der Waals surface area contributed by atoms with Gasteiger partial charge in [0.05, 0.1) is 13.2 Å². The van der Waals surface area contributed by atoms with Crippen LogP contribution in [0.1, 0.15) is 38.7 Å². The van der Waals surface area contributed by atoms with E-state index in [0.29, 0.717) is 30.4 Å². The Labute approximate surface area is 175 Å². The predicted molar refractivity (Wildman–Crippen MR) is 111 cm³/mol. The van der Waals surface area contributed by atoms with Crippen molar-refractivity contribution in [2.75, 3.05) is 19.7 Å². The molecule has 0 spiro atoms. The molecule has 0 radical (unpaired) electrons. The lowest BCUT2D eigenvalue weighted by atomic mass is 10.2. The first-order valence-electron chi connectivity index (χ1n) is 10.2. The molecule has 0 amide bonds. The average Bonchev–Trinajstić information content (AvgIpc) is 3.24. The lowest BCUT2D eigenvalue weighted by Crippen LogP contribution is -2.37. The van der Waals surface area contributed by atoms with Crippen LogP contribution < -0.4 is 20.1 Å².